The minimum atomic E-state index is -0.597. The summed E-state index contributed by atoms with van der Waals surface area (Å²) in [5.41, 5.74) is 0.911. The molecule has 0 atom stereocenters. The van der Waals surface area contributed by atoms with Crippen LogP contribution in [0.1, 0.15) is 10.4 Å². The number of halogens is 1. The molecule has 0 saturated carbocycles. The third-order valence-electron chi connectivity index (χ3n) is 4.30. The van der Waals surface area contributed by atoms with Gasteiger partial charge in [-0.2, -0.15) is 9.78 Å². The number of nitrogens with zero attached hydrogens (tertiary/aromatic N) is 3. The van der Waals surface area contributed by atoms with Crippen LogP contribution in [-0.2, 0) is 4.74 Å². The number of para-hydroxylation sites is 1. The van der Waals surface area contributed by atoms with Crippen molar-refractivity contribution in [3.05, 3.63) is 85.8 Å². The van der Waals surface area contributed by atoms with Gasteiger partial charge in [-0.3, -0.25) is 14.9 Å². The molecule has 0 unspecified atom stereocenters. The summed E-state index contributed by atoms with van der Waals surface area (Å²) in [5.74, 6) is -0.597. The average molecular weight is 444 g/mol. The van der Waals surface area contributed by atoms with Gasteiger partial charge >= 0.3 is 5.97 Å². The van der Waals surface area contributed by atoms with Crippen molar-refractivity contribution in [2.75, 3.05) is 30.8 Å². The number of rotatable bonds is 8. The summed E-state index contributed by atoms with van der Waals surface area (Å²) in [4.78, 5) is 34.9. The maximum atomic E-state index is 12.7. The molecule has 0 radical (unpaired) electrons. The lowest BCUT2D eigenvalue weighted by Gasteiger charge is -2.13. The van der Waals surface area contributed by atoms with Crippen LogP contribution in [0.4, 0.5) is 17.1 Å². The van der Waals surface area contributed by atoms with Crippen molar-refractivity contribution < 1.29 is 14.5 Å². The van der Waals surface area contributed by atoms with Gasteiger partial charge in [-0.05, 0) is 24.3 Å². The summed E-state index contributed by atoms with van der Waals surface area (Å²) in [5, 5.41) is 20.8. The van der Waals surface area contributed by atoms with E-state index in [1.165, 1.54) is 31.5 Å². The fourth-order valence-corrected chi connectivity index (χ4v) is 2.97. The highest BCUT2D eigenvalue weighted by atomic mass is 35.5. The zero-order valence-corrected chi connectivity index (χ0v) is 17.1. The molecule has 2 N–H and O–H groups in total. The predicted octanol–water partition coefficient (Wildman–Crippen LogP) is 3.10. The van der Waals surface area contributed by atoms with Gasteiger partial charge in [0.15, 0.2) is 0 Å². The SMILES string of the molecule is COC(=O)c1ccccc1-n1ncc(NCCNc2ccc([N+](=O)[O-])cc2)c(Cl)c1=O. The van der Waals surface area contributed by atoms with Crippen molar-refractivity contribution in [3.63, 3.8) is 0 Å². The van der Waals surface area contributed by atoms with E-state index < -0.39 is 16.5 Å². The molecule has 2 aromatic carbocycles. The Hall–Kier alpha value is -3.92. The summed E-state index contributed by atoms with van der Waals surface area (Å²) in [6, 6.07) is 12.4. The van der Waals surface area contributed by atoms with Gasteiger partial charge in [0.25, 0.3) is 11.2 Å². The number of aromatic nitrogens is 2. The van der Waals surface area contributed by atoms with Gasteiger partial charge in [0, 0.05) is 30.9 Å². The fourth-order valence-electron chi connectivity index (χ4n) is 2.77. The second kappa shape index (κ2) is 9.72. The molecular weight excluding hydrogens is 426 g/mol. The number of ether oxygens (including phenoxy) is 1. The van der Waals surface area contributed by atoms with Crippen molar-refractivity contribution >= 4 is 34.6 Å². The number of carbonyl (C=O) groups excluding carboxylic acids is 1. The molecule has 0 spiro atoms. The molecule has 0 aliphatic rings. The minimum Gasteiger partial charge on any atom is -0.465 e. The lowest BCUT2D eigenvalue weighted by Crippen LogP contribution is -2.25. The molecular formula is C20H18ClN5O5. The summed E-state index contributed by atoms with van der Waals surface area (Å²) < 4.78 is 5.78. The zero-order chi connectivity index (χ0) is 22.4. The molecule has 0 amide bonds. The summed E-state index contributed by atoms with van der Waals surface area (Å²) in [6.45, 7) is 0.864. The molecule has 1 aromatic heterocycles. The van der Waals surface area contributed by atoms with Crippen LogP contribution in [0.15, 0.2) is 59.5 Å². The van der Waals surface area contributed by atoms with Crippen molar-refractivity contribution in [3.8, 4) is 5.69 Å². The van der Waals surface area contributed by atoms with E-state index in [-0.39, 0.29) is 22.0 Å². The second-order valence-corrected chi connectivity index (χ2v) is 6.63. The first kappa shape index (κ1) is 21.8. The molecule has 3 aromatic rings. The van der Waals surface area contributed by atoms with Crippen LogP contribution in [0.25, 0.3) is 5.69 Å². The molecule has 0 saturated heterocycles. The normalized spacial score (nSPS) is 10.4. The highest BCUT2D eigenvalue weighted by Gasteiger charge is 2.17. The third-order valence-corrected chi connectivity index (χ3v) is 4.67. The van der Waals surface area contributed by atoms with Crippen LogP contribution in [0.5, 0.6) is 0 Å². The van der Waals surface area contributed by atoms with Crippen LogP contribution in [0.3, 0.4) is 0 Å². The van der Waals surface area contributed by atoms with E-state index in [0.717, 1.165) is 4.68 Å². The fraction of sp³-hybridized carbons (Fsp3) is 0.150. The van der Waals surface area contributed by atoms with Crippen LogP contribution in [-0.4, -0.2) is 40.9 Å². The van der Waals surface area contributed by atoms with Gasteiger partial charge in [-0.15, -0.1) is 0 Å². The largest absolute Gasteiger partial charge is 0.465 e. The van der Waals surface area contributed by atoms with Gasteiger partial charge in [0.1, 0.15) is 5.02 Å². The van der Waals surface area contributed by atoms with E-state index in [4.69, 9.17) is 16.3 Å². The molecule has 0 aliphatic heterocycles. The first-order valence-corrected chi connectivity index (χ1v) is 9.48. The number of anilines is 2. The number of carbonyl (C=O) groups is 1. The first-order chi connectivity index (χ1) is 14.9. The molecule has 0 fully saturated rings. The van der Waals surface area contributed by atoms with Gasteiger partial charge in [0.05, 0.1) is 35.2 Å². The Balaban J connectivity index is 1.68. The molecule has 1 heterocycles. The molecule has 11 heteroatoms. The second-order valence-electron chi connectivity index (χ2n) is 6.26. The number of benzene rings is 2. The lowest BCUT2D eigenvalue weighted by atomic mass is 10.2. The molecule has 0 aliphatic carbocycles. The Bertz CT molecular complexity index is 1160. The first-order valence-electron chi connectivity index (χ1n) is 9.10. The molecule has 0 bridgehead atoms. The topological polar surface area (TPSA) is 128 Å². The Morgan fingerprint density at radius 3 is 2.52 bits per heavy atom. The standard InChI is InChI=1S/C20H18ClN5O5/c1-31-20(28)15-4-2-3-5-17(15)25-19(27)18(21)16(12-24-25)23-11-10-22-13-6-8-14(9-7-13)26(29)30/h2-9,12,22-23H,10-11H2,1H3. The van der Waals surface area contributed by atoms with E-state index in [9.17, 15) is 19.7 Å². The Labute approximate surface area is 181 Å². The summed E-state index contributed by atoms with van der Waals surface area (Å²) in [6.07, 6.45) is 1.39. The molecule has 160 valence electrons. The van der Waals surface area contributed by atoms with Gasteiger partial charge in [-0.1, -0.05) is 23.7 Å². The molecule has 3 rings (SSSR count). The number of nitro groups is 1. The number of nitrogens with one attached hydrogen (secondary N) is 2. The summed E-state index contributed by atoms with van der Waals surface area (Å²) >= 11 is 6.22. The van der Waals surface area contributed by atoms with Crippen molar-refractivity contribution in [1.29, 1.82) is 0 Å². The van der Waals surface area contributed by atoms with Gasteiger partial charge in [-0.25, -0.2) is 4.79 Å². The minimum absolute atomic E-state index is 0.0101. The van der Waals surface area contributed by atoms with Crippen molar-refractivity contribution in [1.82, 2.24) is 9.78 Å². The number of hydrogen-bond acceptors (Lipinski definition) is 8. The van der Waals surface area contributed by atoms with Crippen molar-refractivity contribution in [2.45, 2.75) is 0 Å². The number of nitro benzene ring substituents is 1. The average Bonchev–Trinajstić information content (AvgIpc) is 2.79. The van der Waals surface area contributed by atoms with E-state index in [1.807, 2.05) is 0 Å². The number of methoxy groups -OCH3 is 1. The number of esters is 1. The van der Waals surface area contributed by atoms with Crippen molar-refractivity contribution in [2.24, 2.45) is 0 Å². The van der Waals surface area contributed by atoms with E-state index in [2.05, 4.69) is 15.7 Å². The van der Waals surface area contributed by atoms with E-state index in [0.29, 0.717) is 24.5 Å². The summed E-state index contributed by atoms with van der Waals surface area (Å²) in [7, 11) is 1.25. The number of hydrogen-bond donors (Lipinski definition) is 2. The van der Waals surface area contributed by atoms with E-state index >= 15 is 0 Å². The maximum Gasteiger partial charge on any atom is 0.340 e. The van der Waals surface area contributed by atoms with Crippen LogP contribution in [0.2, 0.25) is 5.02 Å². The lowest BCUT2D eigenvalue weighted by molar-refractivity contribution is -0.384. The monoisotopic (exact) mass is 443 g/mol. The predicted molar refractivity (Wildman–Crippen MR) is 116 cm³/mol. The molecule has 31 heavy (non-hydrogen) atoms. The van der Waals surface area contributed by atoms with Crippen LogP contribution >= 0.6 is 11.6 Å². The zero-order valence-electron chi connectivity index (χ0n) is 16.4. The number of non-ortho nitro benzene ring substituents is 1. The third kappa shape index (κ3) is 4.98. The van der Waals surface area contributed by atoms with Gasteiger partial charge < -0.3 is 15.4 Å². The van der Waals surface area contributed by atoms with Crippen LogP contribution < -0.4 is 16.2 Å². The smallest absolute Gasteiger partial charge is 0.340 e. The van der Waals surface area contributed by atoms with Crippen LogP contribution in [0, 0.1) is 10.1 Å². The quantitative estimate of drug-likeness (QED) is 0.235. The Morgan fingerprint density at radius 1 is 1.16 bits per heavy atom. The van der Waals surface area contributed by atoms with E-state index in [1.54, 1.807) is 30.3 Å². The highest BCUT2D eigenvalue weighted by Crippen LogP contribution is 2.19. The maximum absolute atomic E-state index is 12.7. The van der Waals surface area contributed by atoms with Gasteiger partial charge in [0.2, 0.25) is 0 Å². The Kier molecular flexibility index (Phi) is 6.83. The Morgan fingerprint density at radius 2 is 1.84 bits per heavy atom. The highest BCUT2D eigenvalue weighted by molar-refractivity contribution is 6.33. The molecule has 10 nitrogen and oxygen atoms in total.